The van der Waals surface area contributed by atoms with Crippen molar-refractivity contribution in [3.63, 3.8) is 0 Å². The Bertz CT molecular complexity index is 739. The Hall–Kier alpha value is -3.15. The maximum atomic E-state index is 12.0. The molecule has 2 aromatic rings. The highest BCUT2D eigenvalue weighted by molar-refractivity contribution is 6.02. The van der Waals surface area contributed by atoms with Crippen molar-refractivity contribution in [2.45, 2.75) is 13.3 Å². The molecule has 24 heavy (non-hydrogen) atoms. The monoisotopic (exact) mass is 326 g/mol. The van der Waals surface area contributed by atoms with Crippen LogP contribution in [0.1, 0.15) is 18.9 Å². The maximum absolute atomic E-state index is 12.0. The van der Waals surface area contributed by atoms with Crippen molar-refractivity contribution >= 4 is 23.4 Å². The second-order valence-corrected chi connectivity index (χ2v) is 5.02. The number of para-hydroxylation sites is 2. The molecule has 0 spiro atoms. The van der Waals surface area contributed by atoms with Crippen molar-refractivity contribution in [1.82, 2.24) is 0 Å². The van der Waals surface area contributed by atoms with Gasteiger partial charge >= 0.3 is 0 Å². The molecule has 0 bridgehead atoms. The number of nitro groups is 1. The minimum Gasteiger partial charge on any atom is -0.491 e. The second kappa shape index (κ2) is 8.47. The number of anilines is 1. The minimum atomic E-state index is -0.465. The molecular weight excluding hydrogens is 308 g/mol. The molecule has 0 aliphatic heterocycles. The Balaban J connectivity index is 2.01. The summed E-state index contributed by atoms with van der Waals surface area (Å²) in [7, 11) is 0. The number of carbonyl (C=O) groups is 1. The summed E-state index contributed by atoms with van der Waals surface area (Å²) in [4.78, 5) is 22.2. The Morgan fingerprint density at radius 3 is 2.58 bits per heavy atom. The van der Waals surface area contributed by atoms with Crippen LogP contribution in [-0.2, 0) is 4.79 Å². The van der Waals surface area contributed by atoms with Crippen LogP contribution in [0.25, 0.3) is 6.08 Å². The van der Waals surface area contributed by atoms with E-state index >= 15 is 0 Å². The molecule has 2 aromatic carbocycles. The van der Waals surface area contributed by atoms with Crippen molar-refractivity contribution in [3.8, 4) is 5.75 Å². The van der Waals surface area contributed by atoms with Crippen molar-refractivity contribution in [2.24, 2.45) is 0 Å². The third-order valence-corrected chi connectivity index (χ3v) is 3.14. The summed E-state index contributed by atoms with van der Waals surface area (Å²) in [5.74, 6) is 0.317. The van der Waals surface area contributed by atoms with Gasteiger partial charge in [0.1, 0.15) is 5.75 Å². The molecule has 0 aliphatic carbocycles. The zero-order chi connectivity index (χ0) is 17.4. The summed E-state index contributed by atoms with van der Waals surface area (Å²) in [6, 6.07) is 13.2. The van der Waals surface area contributed by atoms with Gasteiger partial charge < -0.3 is 10.1 Å². The van der Waals surface area contributed by atoms with E-state index in [1.165, 1.54) is 18.2 Å². The number of benzene rings is 2. The van der Waals surface area contributed by atoms with Gasteiger partial charge in [0.2, 0.25) is 5.91 Å². The first-order valence-electron chi connectivity index (χ1n) is 7.55. The SMILES string of the molecule is CCCOc1ccccc1NC(=O)/C=C/c1ccc([N+](=O)[O-])cc1. The predicted molar refractivity (Wildman–Crippen MR) is 93.0 cm³/mol. The van der Waals surface area contributed by atoms with Crippen LogP contribution in [0.2, 0.25) is 0 Å². The van der Waals surface area contributed by atoms with Crippen LogP contribution in [0.4, 0.5) is 11.4 Å². The molecule has 1 N–H and O–H groups in total. The second-order valence-electron chi connectivity index (χ2n) is 5.02. The molecule has 0 aliphatic rings. The van der Waals surface area contributed by atoms with Gasteiger partial charge in [-0.3, -0.25) is 14.9 Å². The van der Waals surface area contributed by atoms with Crippen LogP contribution in [0.3, 0.4) is 0 Å². The quantitative estimate of drug-likeness (QED) is 0.473. The summed E-state index contributed by atoms with van der Waals surface area (Å²) in [6.45, 7) is 2.58. The van der Waals surface area contributed by atoms with E-state index in [2.05, 4.69) is 5.32 Å². The number of carbonyl (C=O) groups excluding carboxylic acids is 1. The molecule has 0 saturated heterocycles. The zero-order valence-electron chi connectivity index (χ0n) is 13.3. The highest BCUT2D eigenvalue weighted by Gasteiger charge is 2.06. The van der Waals surface area contributed by atoms with Crippen LogP contribution < -0.4 is 10.1 Å². The first-order chi connectivity index (χ1) is 11.6. The average molecular weight is 326 g/mol. The number of hydrogen-bond acceptors (Lipinski definition) is 4. The lowest BCUT2D eigenvalue weighted by Gasteiger charge is -2.10. The van der Waals surface area contributed by atoms with E-state index in [1.54, 1.807) is 30.3 Å². The molecule has 6 nitrogen and oxygen atoms in total. The topological polar surface area (TPSA) is 81.5 Å². The normalized spacial score (nSPS) is 10.5. The molecule has 2 rings (SSSR count). The smallest absolute Gasteiger partial charge is 0.269 e. The van der Waals surface area contributed by atoms with Gasteiger partial charge in [-0.1, -0.05) is 19.1 Å². The maximum Gasteiger partial charge on any atom is 0.269 e. The molecular formula is C18H18N2O4. The molecule has 0 unspecified atom stereocenters. The lowest BCUT2D eigenvalue weighted by Crippen LogP contribution is -2.09. The van der Waals surface area contributed by atoms with Gasteiger partial charge in [0.05, 0.1) is 17.2 Å². The number of nitrogens with one attached hydrogen (secondary N) is 1. The van der Waals surface area contributed by atoms with Gasteiger partial charge in [-0.15, -0.1) is 0 Å². The van der Waals surface area contributed by atoms with E-state index in [4.69, 9.17) is 4.74 Å². The molecule has 0 atom stereocenters. The number of non-ortho nitro benzene ring substituents is 1. The molecule has 6 heteroatoms. The summed E-state index contributed by atoms with van der Waals surface area (Å²) in [5.41, 5.74) is 1.31. The van der Waals surface area contributed by atoms with Crippen LogP contribution in [0, 0.1) is 10.1 Å². The number of nitro benzene ring substituents is 1. The fourth-order valence-corrected chi connectivity index (χ4v) is 1.96. The van der Waals surface area contributed by atoms with Gasteiger partial charge in [0, 0.05) is 18.2 Å². The number of rotatable bonds is 7. The fraction of sp³-hybridized carbons (Fsp3) is 0.167. The standard InChI is InChI=1S/C18H18N2O4/c1-2-13-24-17-6-4-3-5-16(17)19-18(21)12-9-14-7-10-15(11-8-14)20(22)23/h3-12H,2,13H2,1H3,(H,19,21)/b12-9+. The Kier molecular flexibility index (Phi) is 6.08. The average Bonchev–Trinajstić information content (AvgIpc) is 2.59. The van der Waals surface area contributed by atoms with E-state index in [0.29, 0.717) is 23.6 Å². The van der Waals surface area contributed by atoms with Gasteiger partial charge in [-0.2, -0.15) is 0 Å². The predicted octanol–water partition coefficient (Wildman–Crippen LogP) is 4.04. The molecule has 124 valence electrons. The van der Waals surface area contributed by atoms with Crippen LogP contribution in [-0.4, -0.2) is 17.4 Å². The Morgan fingerprint density at radius 2 is 1.92 bits per heavy atom. The molecule has 1 amide bonds. The van der Waals surface area contributed by atoms with Gasteiger partial charge in [-0.05, 0) is 42.3 Å². The fourth-order valence-electron chi connectivity index (χ4n) is 1.96. The van der Waals surface area contributed by atoms with Crippen LogP contribution in [0.15, 0.2) is 54.6 Å². The van der Waals surface area contributed by atoms with E-state index in [1.807, 2.05) is 19.1 Å². The summed E-state index contributed by atoms with van der Waals surface area (Å²) < 4.78 is 5.58. The minimum absolute atomic E-state index is 0.0126. The molecule has 0 heterocycles. The van der Waals surface area contributed by atoms with Crippen LogP contribution >= 0.6 is 0 Å². The highest BCUT2D eigenvalue weighted by Crippen LogP contribution is 2.24. The van der Waals surface area contributed by atoms with E-state index in [0.717, 1.165) is 6.42 Å². The number of ether oxygens (including phenoxy) is 1. The van der Waals surface area contributed by atoms with E-state index in [9.17, 15) is 14.9 Å². The van der Waals surface area contributed by atoms with Crippen molar-refractivity contribution < 1.29 is 14.5 Å². The number of hydrogen-bond donors (Lipinski definition) is 1. The molecule has 0 aromatic heterocycles. The highest BCUT2D eigenvalue weighted by atomic mass is 16.6. The number of amides is 1. The first kappa shape index (κ1) is 17.2. The van der Waals surface area contributed by atoms with Gasteiger partial charge in [0.25, 0.3) is 5.69 Å². The van der Waals surface area contributed by atoms with E-state index in [-0.39, 0.29) is 11.6 Å². The zero-order valence-corrected chi connectivity index (χ0v) is 13.3. The Morgan fingerprint density at radius 1 is 1.21 bits per heavy atom. The number of nitrogens with zero attached hydrogens (tertiary/aromatic N) is 1. The lowest BCUT2D eigenvalue weighted by molar-refractivity contribution is -0.384. The third kappa shape index (κ3) is 4.95. The first-order valence-corrected chi connectivity index (χ1v) is 7.55. The van der Waals surface area contributed by atoms with Crippen molar-refractivity contribution in [2.75, 3.05) is 11.9 Å². The lowest BCUT2D eigenvalue weighted by atomic mass is 10.2. The largest absolute Gasteiger partial charge is 0.491 e. The summed E-state index contributed by atoms with van der Waals surface area (Å²) >= 11 is 0. The molecule has 0 radical (unpaired) electrons. The van der Waals surface area contributed by atoms with Crippen molar-refractivity contribution in [1.29, 1.82) is 0 Å². The van der Waals surface area contributed by atoms with Crippen LogP contribution in [0.5, 0.6) is 5.75 Å². The van der Waals surface area contributed by atoms with Gasteiger partial charge in [0.15, 0.2) is 0 Å². The molecule has 0 fully saturated rings. The summed E-state index contributed by atoms with van der Waals surface area (Å²) in [6.07, 6.45) is 3.84. The van der Waals surface area contributed by atoms with Crippen molar-refractivity contribution in [3.05, 3.63) is 70.3 Å². The van der Waals surface area contributed by atoms with Gasteiger partial charge in [-0.25, -0.2) is 0 Å². The van der Waals surface area contributed by atoms with E-state index < -0.39 is 4.92 Å². The Labute approximate surface area is 139 Å². The molecule has 0 saturated carbocycles. The summed E-state index contributed by atoms with van der Waals surface area (Å²) in [5, 5.41) is 13.4. The third-order valence-electron chi connectivity index (χ3n) is 3.14.